The lowest BCUT2D eigenvalue weighted by molar-refractivity contribution is 0.570. The molecule has 0 aliphatic carbocycles. The SMILES string of the molecule is Nc1cc(S(=O)(=O)Nc2cnc(Cl)c(Br)c2)c(F)cc1Br. The molecule has 10 heteroatoms. The van der Waals surface area contributed by atoms with Gasteiger partial charge in [-0.25, -0.2) is 17.8 Å². The summed E-state index contributed by atoms with van der Waals surface area (Å²) in [4.78, 5) is 3.22. The molecule has 0 saturated carbocycles. The highest BCUT2D eigenvalue weighted by Crippen LogP contribution is 2.28. The van der Waals surface area contributed by atoms with E-state index in [-0.39, 0.29) is 21.0 Å². The van der Waals surface area contributed by atoms with Crippen molar-refractivity contribution in [3.63, 3.8) is 0 Å². The maximum Gasteiger partial charge on any atom is 0.264 e. The van der Waals surface area contributed by atoms with Crippen molar-refractivity contribution >= 4 is 64.9 Å². The van der Waals surface area contributed by atoms with E-state index in [4.69, 9.17) is 17.3 Å². The van der Waals surface area contributed by atoms with Crippen molar-refractivity contribution in [1.82, 2.24) is 4.98 Å². The number of rotatable bonds is 3. The predicted molar refractivity (Wildman–Crippen MR) is 86.3 cm³/mol. The van der Waals surface area contributed by atoms with Crippen LogP contribution in [0.5, 0.6) is 0 Å². The fourth-order valence-corrected chi connectivity index (χ4v) is 3.34. The number of anilines is 2. The lowest BCUT2D eigenvalue weighted by Gasteiger charge is -2.10. The number of hydrogen-bond donors (Lipinski definition) is 2. The lowest BCUT2D eigenvalue weighted by Crippen LogP contribution is -2.15. The molecule has 112 valence electrons. The maximum absolute atomic E-state index is 13.8. The standard InChI is InChI=1S/C11H7Br2ClFN3O2S/c12-6-2-8(15)10(3-9(6)16)21(19,20)18-5-1-7(13)11(14)17-4-5/h1-4,18H,16H2. The van der Waals surface area contributed by atoms with Crippen LogP contribution < -0.4 is 10.5 Å². The molecule has 1 aromatic heterocycles. The smallest absolute Gasteiger partial charge is 0.264 e. The third kappa shape index (κ3) is 3.65. The van der Waals surface area contributed by atoms with E-state index in [0.717, 1.165) is 12.1 Å². The number of halogens is 4. The molecule has 0 spiro atoms. The molecule has 0 unspecified atom stereocenters. The first-order valence-corrected chi connectivity index (χ1v) is 8.74. The molecular formula is C11H7Br2ClFN3O2S. The molecule has 0 bridgehead atoms. The van der Waals surface area contributed by atoms with Gasteiger partial charge in [0.15, 0.2) is 0 Å². The number of hydrogen-bond acceptors (Lipinski definition) is 4. The monoisotopic (exact) mass is 457 g/mol. The van der Waals surface area contributed by atoms with Gasteiger partial charge in [0.1, 0.15) is 15.9 Å². The van der Waals surface area contributed by atoms with E-state index in [9.17, 15) is 12.8 Å². The average molecular weight is 460 g/mol. The first-order chi connectivity index (χ1) is 9.70. The summed E-state index contributed by atoms with van der Waals surface area (Å²) >= 11 is 11.9. The zero-order valence-electron chi connectivity index (χ0n) is 10.1. The molecule has 0 radical (unpaired) electrons. The zero-order valence-corrected chi connectivity index (χ0v) is 14.8. The summed E-state index contributed by atoms with van der Waals surface area (Å²) in [6.07, 6.45) is 1.21. The number of nitrogens with two attached hydrogens (primary N) is 1. The zero-order chi connectivity index (χ0) is 15.8. The predicted octanol–water partition coefficient (Wildman–Crippen LogP) is 3.78. The van der Waals surface area contributed by atoms with Crippen LogP contribution in [0, 0.1) is 5.82 Å². The van der Waals surface area contributed by atoms with Crippen LogP contribution in [0.1, 0.15) is 0 Å². The molecule has 2 aromatic rings. The highest BCUT2D eigenvalue weighted by molar-refractivity contribution is 9.11. The van der Waals surface area contributed by atoms with Crippen molar-refractivity contribution in [3.8, 4) is 0 Å². The van der Waals surface area contributed by atoms with Crippen molar-refractivity contribution in [3.05, 3.63) is 44.3 Å². The Balaban J connectivity index is 2.43. The molecule has 21 heavy (non-hydrogen) atoms. The summed E-state index contributed by atoms with van der Waals surface area (Å²) in [6, 6.07) is 3.42. The normalized spacial score (nSPS) is 11.4. The minimum atomic E-state index is -4.14. The van der Waals surface area contributed by atoms with Gasteiger partial charge in [0.25, 0.3) is 10.0 Å². The molecule has 2 rings (SSSR count). The summed E-state index contributed by atoms with van der Waals surface area (Å²) in [5.41, 5.74) is 5.82. The van der Waals surface area contributed by atoms with Gasteiger partial charge in [0, 0.05) is 10.2 Å². The van der Waals surface area contributed by atoms with Crippen molar-refractivity contribution < 1.29 is 12.8 Å². The second-order valence-electron chi connectivity index (χ2n) is 3.91. The maximum atomic E-state index is 13.8. The van der Waals surface area contributed by atoms with Crippen LogP contribution in [-0.4, -0.2) is 13.4 Å². The summed E-state index contributed by atoms with van der Waals surface area (Å²) in [6.45, 7) is 0. The molecular weight excluding hydrogens is 452 g/mol. The Labute approximate surface area is 142 Å². The Morgan fingerprint density at radius 2 is 1.90 bits per heavy atom. The minimum absolute atomic E-state index is 0.104. The minimum Gasteiger partial charge on any atom is -0.398 e. The number of nitrogen functional groups attached to an aromatic ring is 1. The highest BCUT2D eigenvalue weighted by Gasteiger charge is 2.21. The molecule has 0 aliphatic rings. The Kier molecular flexibility index (Phi) is 4.76. The van der Waals surface area contributed by atoms with E-state index in [1.165, 1.54) is 12.3 Å². The highest BCUT2D eigenvalue weighted by atomic mass is 79.9. The van der Waals surface area contributed by atoms with Gasteiger partial charge in [-0.15, -0.1) is 0 Å². The van der Waals surface area contributed by atoms with E-state index in [0.29, 0.717) is 4.47 Å². The summed E-state index contributed by atoms with van der Waals surface area (Å²) < 4.78 is 41.1. The molecule has 1 aromatic carbocycles. The largest absolute Gasteiger partial charge is 0.398 e. The van der Waals surface area contributed by atoms with E-state index in [1.807, 2.05) is 0 Å². The van der Waals surface area contributed by atoms with E-state index >= 15 is 0 Å². The van der Waals surface area contributed by atoms with Crippen LogP contribution in [0.15, 0.2) is 38.2 Å². The van der Waals surface area contributed by atoms with E-state index in [2.05, 4.69) is 41.6 Å². The molecule has 0 amide bonds. The molecule has 0 atom stereocenters. The van der Waals surface area contributed by atoms with Crippen LogP contribution in [0.25, 0.3) is 0 Å². The quantitative estimate of drug-likeness (QED) is 0.540. The Hall–Kier alpha value is -0.900. The second-order valence-corrected chi connectivity index (χ2v) is 7.62. The molecule has 3 N–H and O–H groups in total. The Bertz CT molecular complexity index is 817. The summed E-state index contributed by atoms with van der Waals surface area (Å²) in [5.74, 6) is -0.926. The molecule has 0 fully saturated rings. The van der Waals surface area contributed by atoms with E-state index in [1.54, 1.807) is 0 Å². The van der Waals surface area contributed by atoms with Crippen molar-refractivity contribution in [2.24, 2.45) is 0 Å². The van der Waals surface area contributed by atoms with Gasteiger partial charge in [-0.05, 0) is 50.1 Å². The van der Waals surface area contributed by atoms with Gasteiger partial charge in [-0.3, -0.25) is 4.72 Å². The number of pyridine rings is 1. The Morgan fingerprint density at radius 1 is 1.24 bits per heavy atom. The first-order valence-electron chi connectivity index (χ1n) is 5.29. The number of aromatic nitrogens is 1. The van der Waals surface area contributed by atoms with Crippen LogP contribution in [-0.2, 0) is 10.0 Å². The fraction of sp³-hybridized carbons (Fsp3) is 0. The van der Waals surface area contributed by atoms with Crippen LogP contribution in [0.3, 0.4) is 0 Å². The molecule has 0 saturated heterocycles. The van der Waals surface area contributed by atoms with Crippen LogP contribution in [0.4, 0.5) is 15.8 Å². The second kappa shape index (κ2) is 6.07. The van der Waals surface area contributed by atoms with Gasteiger partial charge in [-0.2, -0.15) is 0 Å². The van der Waals surface area contributed by atoms with Gasteiger partial charge >= 0.3 is 0 Å². The van der Waals surface area contributed by atoms with Crippen molar-refractivity contribution in [2.45, 2.75) is 4.90 Å². The van der Waals surface area contributed by atoms with Crippen molar-refractivity contribution in [2.75, 3.05) is 10.5 Å². The van der Waals surface area contributed by atoms with E-state index < -0.39 is 20.7 Å². The molecule has 1 heterocycles. The third-order valence-corrected chi connectivity index (χ3v) is 5.61. The number of sulfonamides is 1. The number of nitrogens with zero attached hydrogens (tertiary/aromatic N) is 1. The number of nitrogens with one attached hydrogen (secondary N) is 1. The first kappa shape index (κ1) is 16.5. The van der Waals surface area contributed by atoms with Gasteiger partial charge in [0.05, 0.1) is 16.4 Å². The summed E-state index contributed by atoms with van der Waals surface area (Å²) in [7, 11) is -4.14. The number of benzene rings is 1. The topological polar surface area (TPSA) is 85.1 Å². The van der Waals surface area contributed by atoms with Gasteiger partial charge in [0.2, 0.25) is 0 Å². The average Bonchev–Trinajstić information content (AvgIpc) is 2.37. The van der Waals surface area contributed by atoms with Gasteiger partial charge in [-0.1, -0.05) is 11.6 Å². The lowest BCUT2D eigenvalue weighted by atomic mass is 10.3. The van der Waals surface area contributed by atoms with Gasteiger partial charge < -0.3 is 5.73 Å². The van der Waals surface area contributed by atoms with Crippen LogP contribution >= 0.6 is 43.5 Å². The van der Waals surface area contributed by atoms with Crippen molar-refractivity contribution in [1.29, 1.82) is 0 Å². The Morgan fingerprint density at radius 3 is 2.52 bits per heavy atom. The molecule has 0 aliphatic heterocycles. The van der Waals surface area contributed by atoms with Crippen LogP contribution in [0.2, 0.25) is 5.15 Å². The summed E-state index contributed by atoms with van der Waals surface area (Å²) in [5, 5.41) is 0.178. The molecule has 5 nitrogen and oxygen atoms in total. The third-order valence-electron chi connectivity index (χ3n) is 2.39. The fourth-order valence-electron chi connectivity index (χ4n) is 1.44.